The van der Waals surface area contributed by atoms with Crippen LogP contribution in [0.3, 0.4) is 0 Å². The van der Waals surface area contributed by atoms with E-state index in [0.717, 1.165) is 5.56 Å². The number of carbonyl (C=O) groups excluding carboxylic acids is 1. The Morgan fingerprint density at radius 1 is 1.43 bits per heavy atom. The van der Waals surface area contributed by atoms with Gasteiger partial charge in [0, 0.05) is 11.1 Å². The molecule has 0 fully saturated rings. The Bertz CT molecular complexity index is 373. The molecular formula is C10H10N2O2. The topological polar surface area (TPSA) is 75.4 Å². The number of nitrogens with one attached hydrogen (secondary N) is 1. The highest BCUT2D eigenvalue weighted by Crippen LogP contribution is 2.02. The lowest BCUT2D eigenvalue weighted by atomic mass is 10.1. The zero-order valence-corrected chi connectivity index (χ0v) is 7.45. The minimum Gasteiger partial charge on any atom is -0.320 e. The Labute approximate surface area is 81.7 Å². The molecule has 0 saturated heterocycles. The highest BCUT2D eigenvalue weighted by molar-refractivity contribution is 5.93. The van der Waals surface area contributed by atoms with E-state index >= 15 is 0 Å². The number of amides is 1. The van der Waals surface area contributed by atoms with E-state index in [4.69, 9.17) is 10.9 Å². The SMILES string of the molecule is NCC#Cc1ccc(C(=O)NO)cc1. The fourth-order valence-corrected chi connectivity index (χ4v) is 0.923. The third-order valence-corrected chi connectivity index (χ3v) is 1.58. The van der Waals surface area contributed by atoms with Gasteiger partial charge in [-0.2, -0.15) is 0 Å². The molecule has 0 spiro atoms. The number of rotatable bonds is 1. The third kappa shape index (κ3) is 2.59. The van der Waals surface area contributed by atoms with Crippen molar-refractivity contribution in [3.63, 3.8) is 0 Å². The minimum absolute atomic E-state index is 0.304. The van der Waals surface area contributed by atoms with Crippen molar-refractivity contribution in [2.24, 2.45) is 5.73 Å². The molecule has 4 N–H and O–H groups in total. The van der Waals surface area contributed by atoms with Gasteiger partial charge < -0.3 is 5.73 Å². The van der Waals surface area contributed by atoms with Gasteiger partial charge in [-0.05, 0) is 24.3 Å². The Morgan fingerprint density at radius 2 is 2.07 bits per heavy atom. The maximum absolute atomic E-state index is 10.9. The highest BCUT2D eigenvalue weighted by atomic mass is 16.5. The molecule has 72 valence electrons. The number of hydroxylamine groups is 1. The number of nitrogens with two attached hydrogens (primary N) is 1. The fraction of sp³-hybridized carbons (Fsp3) is 0.100. The molecule has 14 heavy (non-hydrogen) atoms. The van der Waals surface area contributed by atoms with Gasteiger partial charge in [0.05, 0.1) is 6.54 Å². The number of carbonyl (C=O) groups is 1. The van der Waals surface area contributed by atoms with Crippen LogP contribution in [0.4, 0.5) is 0 Å². The van der Waals surface area contributed by atoms with Gasteiger partial charge >= 0.3 is 0 Å². The monoisotopic (exact) mass is 190 g/mol. The summed E-state index contributed by atoms with van der Waals surface area (Å²) in [6, 6.07) is 6.53. The molecule has 0 radical (unpaired) electrons. The first-order chi connectivity index (χ1) is 6.77. The van der Waals surface area contributed by atoms with Gasteiger partial charge in [-0.3, -0.25) is 10.0 Å². The van der Waals surface area contributed by atoms with Crippen LogP contribution < -0.4 is 11.2 Å². The predicted molar refractivity (Wildman–Crippen MR) is 51.6 cm³/mol. The molecule has 0 saturated carbocycles. The van der Waals surface area contributed by atoms with Gasteiger partial charge in [0.2, 0.25) is 0 Å². The van der Waals surface area contributed by atoms with Gasteiger partial charge in [0.1, 0.15) is 0 Å². The summed E-state index contributed by atoms with van der Waals surface area (Å²) in [5, 5.41) is 8.35. The van der Waals surface area contributed by atoms with E-state index in [1.807, 2.05) is 0 Å². The molecule has 1 aromatic carbocycles. The lowest BCUT2D eigenvalue weighted by Crippen LogP contribution is -2.18. The Morgan fingerprint density at radius 3 is 2.57 bits per heavy atom. The molecule has 1 rings (SSSR count). The van der Waals surface area contributed by atoms with Gasteiger partial charge in [0.25, 0.3) is 5.91 Å². The summed E-state index contributed by atoms with van der Waals surface area (Å²) in [5.41, 5.74) is 7.92. The molecule has 4 heteroatoms. The van der Waals surface area contributed by atoms with Crippen LogP contribution in [0.2, 0.25) is 0 Å². The van der Waals surface area contributed by atoms with Crippen LogP contribution in [0, 0.1) is 11.8 Å². The summed E-state index contributed by atoms with van der Waals surface area (Å²) in [7, 11) is 0. The second-order valence-electron chi connectivity index (χ2n) is 2.52. The van der Waals surface area contributed by atoms with E-state index in [2.05, 4.69) is 11.8 Å². The minimum atomic E-state index is -0.539. The third-order valence-electron chi connectivity index (χ3n) is 1.58. The van der Waals surface area contributed by atoms with E-state index in [1.54, 1.807) is 29.7 Å². The van der Waals surface area contributed by atoms with Crippen LogP contribution in [-0.2, 0) is 0 Å². The molecule has 0 aliphatic rings. The molecule has 1 aromatic rings. The van der Waals surface area contributed by atoms with Gasteiger partial charge in [-0.25, -0.2) is 5.48 Å². The highest BCUT2D eigenvalue weighted by Gasteiger charge is 2.01. The van der Waals surface area contributed by atoms with Gasteiger partial charge in [-0.15, -0.1) is 0 Å². The standard InChI is InChI=1S/C10H10N2O2/c11-7-1-2-8-3-5-9(6-4-8)10(13)12-14/h3-6,14H,7,11H2,(H,12,13). The Kier molecular flexibility index (Phi) is 3.68. The molecule has 1 amide bonds. The molecule has 0 aliphatic carbocycles. The zero-order valence-electron chi connectivity index (χ0n) is 7.45. The molecule has 0 unspecified atom stereocenters. The molecule has 4 nitrogen and oxygen atoms in total. The van der Waals surface area contributed by atoms with Crippen molar-refractivity contribution in [1.82, 2.24) is 5.48 Å². The van der Waals surface area contributed by atoms with Crippen LogP contribution in [0.25, 0.3) is 0 Å². The lowest BCUT2D eigenvalue weighted by Gasteiger charge is -1.97. The van der Waals surface area contributed by atoms with E-state index in [-0.39, 0.29) is 0 Å². The van der Waals surface area contributed by atoms with Gasteiger partial charge in [-0.1, -0.05) is 11.8 Å². The second-order valence-corrected chi connectivity index (χ2v) is 2.52. The normalized spacial score (nSPS) is 8.71. The van der Waals surface area contributed by atoms with E-state index < -0.39 is 5.91 Å². The molecule has 0 bridgehead atoms. The summed E-state index contributed by atoms with van der Waals surface area (Å²) >= 11 is 0. The summed E-state index contributed by atoms with van der Waals surface area (Å²) in [5.74, 6) is 4.98. The maximum atomic E-state index is 10.9. The Hall–Kier alpha value is -1.83. The number of hydrogen-bond donors (Lipinski definition) is 3. The first-order valence-corrected chi connectivity index (χ1v) is 4.01. The van der Waals surface area contributed by atoms with E-state index in [9.17, 15) is 4.79 Å². The average molecular weight is 190 g/mol. The average Bonchev–Trinajstić information content (AvgIpc) is 2.26. The van der Waals surface area contributed by atoms with Crippen molar-refractivity contribution in [3.8, 4) is 11.8 Å². The summed E-state index contributed by atoms with van der Waals surface area (Å²) in [6.07, 6.45) is 0. The van der Waals surface area contributed by atoms with Crippen LogP contribution in [-0.4, -0.2) is 17.7 Å². The second kappa shape index (κ2) is 5.02. The van der Waals surface area contributed by atoms with Crippen LogP contribution >= 0.6 is 0 Å². The lowest BCUT2D eigenvalue weighted by molar-refractivity contribution is 0.0706. The smallest absolute Gasteiger partial charge is 0.274 e. The first kappa shape index (κ1) is 10.3. The van der Waals surface area contributed by atoms with Crippen LogP contribution in [0.5, 0.6) is 0 Å². The van der Waals surface area contributed by atoms with Crippen molar-refractivity contribution in [1.29, 1.82) is 0 Å². The number of benzene rings is 1. The van der Waals surface area contributed by atoms with Crippen molar-refractivity contribution in [2.45, 2.75) is 0 Å². The van der Waals surface area contributed by atoms with Crippen LogP contribution in [0.15, 0.2) is 24.3 Å². The summed E-state index contributed by atoms with van der Waals surface area (Å²) in [4.78, 5) is 10.9. The summed E-state index contributed by atoms with van der Waals surface area (Å²) in [6.45, 7) is 0.304. The molecule has 0 heterocycles. The fourth-order valence-electron chi connectivity index (χ4n) is 0.923. The quantitative estimate of drug-likeness (QED) is 0.334. The largest absolute Gasteiger partial charge is 0.320 e. The summed E-state index contributed by atoms with van der Waals surface area (Å²) < 4.78 is 0. The van der Waals surface area contributed by atoms with Crippen molar-refractivity contribution >= 4 is 5.91 Å². The first-order valence-electron chi connectivity index (χ1n) is 4.01. The number of hydrogen-bond acceptors (Lipinski definition) is 3. The Balaban J connectivity index is 2.83. The molecular weight excluding hydrogens is 180 g/mol. The predicted octanol–water partition coefficient (Wildman–Crippen LogP) is 0.116. The van der Waals surface area contributed by atoms with E-state index in [0.29, 0.717) is 12.1 Å². The van der Waals surface area contributed by atoms with Crippen molar-refractivity contribution in [3.05, 3.63) is 35.4 Å². The zero-order chi connectivity index (χ0) is 10.4. The van der Waals surface area contributed by atoms with Crippen molar-refractivity contribution < 1.29 is 10.0 Å². The van der Waals surface area contributed by atoms with E-state index in [1.165, 1.54) is 0 Å². The molecule has 0 aliphatic heterocycles. The van der Waals surface area contributed by atoms with Crippen molar-refractivity contribution in [2.75, 3.05) is 6.54 Å². The molecule has 0 atom stereocenters. The van der Waals surface area contributed by atoms with Gasteiger partial charge in [0.15, 0.2) is 0 Å². The molecule has 0 aromatic heterocycles. The van der Waals surface area contributed by atoms with Crippen LogP contribution in [0.1, 0.15) is 15.9 Å². The maximum Gasteiger partial charge on any atom is 0.274 e.